The number of aromatic amines is 1. The van der Waals surface area contributed by atoms with Crippen molar-refractivity contribution in [2.24, 2.45) is 0 Å². The number of hydrogen-bond acceptors (Lipinski definition) is 2. The summed E-state index contributed by atoms with van der Waals surface area (Å²) >= 11 is 0. The molecule has 4 aromatic heterocycles. The molecule has 0 aliphatic rings. The first-order chi connectivity index (χ1) is 28.3. The Morgan fingerprint density at radius 1 is 0.517 bits per heavy atom. The summed E-state index contributed by atoms with van der Waals surface area (Å²) < 4.78 is 4.67. The minimum absolute atomic E-state index is 0.0893. The van der Waals surface area contributed by atoms with Gasteiger partial charge in [-0.05, 0) is 101 Å². The van der Waals surface area contributed by atoms with E-state index in [0.717, 1.165) is 67.1 Å². The number of imidazole rings is 1. The zero-order chi connectivity index (χ0) is 39.1. The summed E-state index contributed by atoms with van der Waals surface area (Å²) in [7, 11) is 0. The van der Waals surface area contributed by atoms with Crippen LogP contribution >= 0.6 is 0 Å². The molecule has 5 nitrogen and oxygen atoms in total. The second-order valence-electron chi connectivity index (χ2n) is 16.5. The van der Waals surface area contributed by atoms with Crippen LogP contribution in [0.2, 0.25) is 0 Å². The van der Waals surface area contributed by atoms with Crippen LogP contribution in [0.5, 0.6) is 0 Å². The van der Waals surface area contributed by atoms with Crippen LogP contribution in [0.4, 0.5) is 0 Å². The molecule has 11 rings (SSSR count). The van der Waals surface area contributed by atoms with Gasteiger partial charge in [0.1, 0.15) is 11.6 Å². The lowest BCUT2D eigenvalue weighted by atomic mass is 9.81. The molecular weight excluding hydrogens is 707 g/mol. The highest BCUT2D eigenvalue weighted by atomic mass is 15.1. The van der Waals surface area contributed by atoms with Crippen molar-refractivity contribution in [3.8, 4) is 45.1 Å². The van der Waals surface area contributed by atoms with Crippen LogP contribution in [0.25, 0.3) is 99.8 Å². The van der Waals surface area contributed by atoms with Gasteiger partial charge >= 0.3 is 0 Å². The Bertz CT molecular complexity index is 3380. The van der Waals surface area contributed by atoms with E-state index in [1.165, 1.54) is 43.8 Å². The molecule has 4 heterocycles. The average molecular weight is 748 g/mol. The molecule has 0 bridgehead atoms. The van der Waals surface area contributed by atoms with E-state index in [9.17, 15) is 0 Å². The summed E-state index contributed by atoms with van der Waals surface area (Å²) in [6.45, 7) is 9.05. The second kappa shape index (κ2) is 12.9. The Labute approximate surface area is 336 Å². The van der Waals surface area contributed by atoms with Gasteiger partial charge in [-0.25, -0.2) is 9.97 Å². The first-order valence-electron chi connectivity index (χ1n) is 20.0. The summed E-state index contributed by atoms with van der Waals surface area (Å²) in [6.07, 6.45) is 1.92. The van der Waals surface area contributed by atoms with Gasteiger partial charge in [0.05, 0.1) is 27.6 Å². The number of fused-ring (bicyclic) bond motifs is 7. The molecule has 7 aromatic carbocycles. The largest absolute Gasteiger partial charge is 0.354 e. The lowest BCUT2D eigenvalue weighted by Gasteiger charge is -2.24. The van der Waals surface area contributed by atoms with Gasteiger partial charge in [0.15, 0.2) is 0 Å². The predicted octanol–water partition coefficient (Wildman–Crippen LogP) is 13.8. The standard InChI is InChI=1S/C53H41N5/c1-33-27-28-54-49(29-33)58-47-30-35(25-26-39(47)43-31-42(34-15-7-5-8-16-34)44(32-48(43)58)53(2,3)4)37-20-14-24-46-51(37)56-52(57(46)36-17-9-6-10-18-36)41-22-13-21-40-38-19-11-12-23-45(38)55-50(40)41/h5-32,55H,1-4H3. The quantitative estimate of drug-likeness (QED) is 0.191. The van der Waals surface area contributed by atoms with Crippen LogP contribution < -0.4 is 0 Å². The van der Waals surface area contributed by atoms with Gasteiger partial charge in [0.25, 0.3) is 0 Å². The van der Waals surface area contributed by atoms with Gasteiger partial charge in [-0.15, -0.1) is 0 Å². The monoisotopic (exact) mass is 747 g/mol. The zero-order valence-electron chi connectivity index (χ0n) is 33.0. The maximum atomic E-state index is 5.58. The maximum Gasteiger partial charge on any atom is 0.147 e. The van der Waals surface area contributed by atoms with Crippen LogP contribution in [0.1, 0.15) is 31.9 Å². The summed E-state index contributed by atoms with van der Waals surface area (Å²) in [5.41, 5.74) is 15.6. The number of nitrogens with zero attached hydrogens (tertiary/aromatic N) is 4. The highest BCUT2D eigenvalue weighted by Crippen LogP contribution is 2.43. The fourth-order valence-corrected chi connectivity index (χ4v) is 9.01. The van der Waals surface area contributed by atoms with Crippen LogP contribution in [0.3, 0.4) is 0 Å². The number of hydrogen-bond donors (Lipinski definition) is 1. The molecule has 0 aliphatic carbocycles. The summed E-state index contributed by atoms with van der Waals surface area (Å²) in [5, 5.41) is 4.79. The van der Waals surface area contributed by atoms with E-state index in [1.807, 2.05) is 6.20 Å². The molecule has 0 radical (unpaired) electrons. The summed E-state index contributed by atoms with van der Waals surface area (Å²) in [4.78, 5) is 14.3. The third kappa shape index (κ3) is 5.31. The molecule has 58 heavy (non-hydrogen) atoms. The van der Waals surface area contributed by atoms with Crippen molar-refractivity contribution in [2.45, 2.75) is 33.1 Å². The van der Waals surface area contributed by atoms with Gasteiger partial charge in [-0.2, -0.15) is 0 Å². The van der Waals surface area contributed by atoms with E-state index in [4.69, 9.17) is 9.97 Å². The van der Waals surface area contributed by atoms with E-state index in [2.05, 4.69) is 206 Å². The van der Waals surface area contributed by atoms with Crippen LogP contribution in [0, 0.1) is 6.92 Å². The average Bonchev–Trinajstić information content (AvgIpc) is 3.93. The van der Waals surface area contributed by atoms with Crippen molar-refractivity contribution in [1.29, 1.82) is 0 Å². The number of para-hydroxylation sites is 4. The number of nitrogens with one attached hydrogen (secondary N) is 1. The fraction of sp³-hybridized carbons (Fsp3) is 0.0943. The predicted molar refractivity (Wildman–Crippen MR) is 242 cm³/mol. The van der Waals surface area contributed by atoms with E-state index in [-0.39, 0.29) is 5.41 Å². The highest BCUT2D eigenvalue weighted by Gasteiger charge is 2.25. The SMILES string of the molecule is Cc1ccnc(-n2c3cc(-c4cccc5c4nc(-c4cccc6c4[nH]c4ccccc46)n5-c4ccccc4)ccc3c3cc(-c4ccccc4)c(C(C)(C)C)cc32)c1. The van der Waals surface area contributed by atoms with Gasteiger partial charge < -0.3 is 4.98 Å². The number of rotatable bonds is 5. The number of aryl methyl sites for hydroxylation is 1. The number of aromatic nitrogens is 5. The van der Waals surface area contributed by atoms with Crippen molar-refractivity contribution in [3.05, 3.63) is 181 Å². The van der Waals surface area contributed by atoms with Gasteiger partial charge in [-0.3, -0.25) is 9.13 Å². The molecule has 0 saturated heterocycles. The maximum absolute atomic E-state index is 5.58. The molecule has 0 aliphatic heterocycles. The zero-order valence-corrected chi connectivity index (χ0v) is 33.0. The number of pyridine rings is 1. The third-order valence-corrected chi connectivity index (χ3v) is 11.7. The van der Waals surface area contributed by atoms with Crippen molar-refractivity contribution >= 4 is 54.6 Å². The Hall–Kier alpha value is -7.24. The van der Waals surface area contributed by atoms with E-state index < -0.39 is 0 Å². The summed E-state index contributed by atoms with van der Waals surface area (Å²) in [6, 6.07) is 58.9. The summed E-state index contributed by atoms with van der Waals surface area (Å²) in [5.74, 6) is 1.80. The molecule has 0 saturated carbocycles. The molecular formula is C53H41N5. The van der Waals surface area contributed by atoms with Gasteiger partial charge in [0, 0.05) is 50.1 Å². The Morgan fingerprint density at radius 3 is 2.05 bits per heavy atom. The number of H-pyrrole nitrogens is 1. The van der Waals surface area contributed by atoms with Gasteiger partial charge in [0.2, 0.25) is 0 Å². The molecule has 0 atom stereocenters. The molecule has 1 N–H and O–H groups in total. The second-order valence-corrected chi connectivity index (χ2v) is 16.5. The number of benzene rings is 7. The molecule has 5 heteroatoms. The third-order valence-electron chi connectivity index (χ3n) is 11.7. The first kappa shape index (κ1) is 34.0. The first-order valence-corrected chi connectivity index (χ1v) is 20.0. The molecule has 0 fully saturated rings. The molecule has 0 amide bonds. The lowest BCUT2D eigenvalue weighted by Crippen LogP contribution is -2.13. The van der Waals surface area contributed by atoms with E-state index in [0.29, 0.717) is 0 Å². The fourth-order valence-electron chi connectivity index (χ4n) is 9.01. The van der Waals surface area contributed by atoms with Crippen molar-refractivity contribution in [2.75, 3.05) is 0 Å². The van der Waals surface area contributed by atoms with Gasteiger partial charge in [-0.1, -0.05) is 124 Å². The molecule has 0 unspecified atom stereocenters. The van der Waals surface area contributed by atoms with Crippen molar-refractivity contribution in [1.82, 2.24) is 24.1 Å². The van der Waals surface area contributed by atoms with E-state index in [1.54, 1.807) is 0 Å². The Balaban J connectivity index is 1.19. The normalized spacial score (nSPS) is 12.1. The Morgan fingerprint density at radius 2 is 1.24 bits per heavy atom. The topological polar surface area (TPSA) is 51.4 Å². The minimum Gasteiger partial charge on any atom is -0.354 e. The molecule has 278 valence electrons. The van der Waals surface area contributed by atoms with Crippen LogP contribution in [-0.4, -0.2) is 24.1 Å². The molecule has 0 spiro atoms. The smallest absolute Gasteiger partial charge is 0.147 e. The minimum atomic E-state index is -0.0893. The highest BCUT2D eigenvalue weighted by molar-refractivity contribution is 6.14. The van der Waals surface area contributed by atoms with Crippen LogP contribution in [-0.2, 0) is 5.41 Å². The van der Waals surface area contributed by atoms with Crippen molar-refractivity contribution < 1.29 is 0 Å². The Kier molecular flexibility index (Phi) is 7.57. The molecule has 11 aromatic rings. The van der Waals surface area contributed by atoms with Crippen molar-refractivity contribution in [3.63, 3.8) is 0 Å². The van der Waals surface area contributed by atoms with E-state index >= 15 is 0 Å². The van der Waals surface area contributed by atoms with Crippen LogP contribution in [0.15, 0.2) is 170 Å². The lowest BCUT2D eigenvalue weighted by molar-refractivity contribution is 0.592.